The Morgan fingerprint density at radius 1 is 0.292 bits per heavy atom. The van der Waals surface area contributed by atoms with E-state index in [0.29, 0.717) is 75.4 Å². The molecule has 35 nitrogen and oxygen atoms in total. The van der Waals surface area contributed by atoms with Gasteiger partial charge < -0.3 is 80.3 Å². The number of hydrogen-bond acceptors (Lipinski definition) is 21. The lowest BCUT2D eigenvalue weighted by Crippen LogP contribution is -2.32. The van der Waals surface area contributed by atoms with Crippen molar-refractivity contribution in [2.24, 2.45) is 150 Å². The van der Waals surface area contributed by atoms with E-state index in [1.54, 1.807) is 18.2 Å². The maximum absolute atomic E-state index is 13.4. The van der Waals surface area contributed by atoms with Crippen LogP contribution in [0.1, 0.15) is 108 Å². The standard InChI is InChI=1S/C17H15F2N5S.C17H17N5S.C13H14ClN5S.3C13H15N5S.C11H11Cl2N5S/c1-17(18,19)11-6-4-5-10(9-11)14(20)23-15(21)24-16-22-12-7-2-3-8-13(12)25-16;1-2-11-6-5-7-12(10-11)15(18)21-16(19)22-17-20-13-8-3-4-9-14(13)23-17;1-7-8(2)20-13(17-7)19-12(16)18-11(15)9-5-3-4-6-10(9)14;3*1-8-9(2)19-13(16-8)18-12(15)17-11(14)10-6-4-3-5-7-10;1-11(12,13)8(14)17-9(15)18-10-16-6-4-2-3-5-7(6)19-10/h2-9H,1H3,(H4,20,21,22,23,24);3-10H,2H2,1H3,(H4,18,19,20,21,22);3-6H,1-2H3,(H4,15,16,17,18,19);3*3-7H,1-2H3,(H4,14,15,16,17,18);2-5H,1H3,(H4,14,15,16,17,18). The molecule has 0 aliphatic rings. The molecular weight excluding hydrogens is 2020 g/mol. The molecule has 0 spiro atoms. The molecule has 47 heteroatoms. The number of guanidine groups is 7. The van der Waals surface area contributed by atoms with Gasteiger partial charge in [-0.25, -0.2) is 43.7 Å². The number of aryl methyl sites for hydroxylation is 9. The number of nitrogens with two attached hydrogens (primary N) is 14. The molecule has 9 aromatic carbocycles. The number of nitrogens with zero attached hydrogens (tertiary/aromatic N) is 21. The summed E-state index contributed by atoms with van der Waals surface area (Å²) in [6, 6.07) is 72.1. The Morgan fingerprint density at radius 3 is 0.833 bits per heavy atom. The van der Waals surface area contributed by atoms with E-state index >= 15 is 0 Å². The highest BCUT2D eigenvalue weighted by atomic mass is 35.5. The first-order valence-electron chi connectivity index (χ1n) is 43.0. The van der Waals surface area contributed by atoms with Crippen molar-refractivity contribution in [2.45, 2.75) is 92.8 Å². The number of rotatable bonds is 16. The first-order valence-corrected chi connectivity index (χ1v) is 49.8. The van der Waals surface area contributed by atoms with Gasteiger partial charge in [0.2, 0.25) is 77.6 Å². The minimum absolute atomic E-state index is 0.00783. The minimum atomic E-state index is -2.96. The van der Waals surface area contributed by atoms with Gasteiger partial charge in [-0.1, -0.05) is 297 Å². The molecule has 7 heterocycles. The molecule has 16 rings (SSSR count). The van der Waals surface area contributed by atoms with Crippen molar-refractivity contribution in [3.05, 3.63) is 328 Å². The maximum atomic E-state index is 13.4. The van der Waals surface area contributed by atoms with Crippen LogP contribution >= 0.6 is 114 Å². The van der Waals surface area contributed by atoms with Crippen LogP contribution in [0.3, 0.4) is 0 Å². The third-order valence-corrected chi connectivity index (χ3v) is 26.5. The number of para-hydroxylation sites is 3. The molecule has 742 valence electrons. The van der Waals surface area contributed by atoms with Gasteiger partial charge in [0.15, 0.2) is 4.33 Å². The zero-order valence-corrected chi connectivity index (χ0v) is 87.4. The quantitative estimate of drug-likeness (QED) is 0.0243. The van der Waals surface area contributed by atoms with Crippen LogP contribution in [0.2, 0.25) is 5.02 Å². The second kappa shape index (κ2) is 52.8. The van der Waals surface area contributed by atoms with Gasteiger partial charge in [-0.3, -0.25) is 0 Å². The number of aromatic nitrogens is 7. The second-order valence-electron chi connectivity index (χ2n) is 30.2. The highest BCUT2D eigenvalue weighted by Crippen LogP contribution is 2.34. The molecule has 144 heavy (non-hydrogen) atoms. The first-order chi connectivity index (χ1) is 68.5. The smallest absolute Gasteiger partial charge is 0.270 e. The molecule has 0 aliphatic heterocycles. The van der Waals surface area contributed by atoms with Crippen LogP contribution in [-0.4, -0.2) is 122 Å². The summed E-state index contributed by atoms with van der Waals surface area (Å²) in [7, 11) is 0. The Labute approximate surface area is 871 Å². The fourth-order valence-corrected chi connectivity index (χ4v) is 17.3. The zero-order chi connectivity index (χ0) is 104. The molecule has 0 saturated carbocycles. The summed E-state index contributed by atoms with van der Waals surface area (Å²) in [6.07, 6.45) is 0.941. The fourth-order valence-electron chi connectivity index (χ4n) is 11.3. The predicted molar refractivity (Wildman–Crippen MR) is 603 cm³/mol. The van der Waals surface area contributed by atoms with E-state index in [9.17, 15) is 8.78 Å². The monoisotopic (exact) mass is 2120 g/mol. The van der Waals surface area contributed by atoms with Gasteiger partial charge in [-0.2, -0.15) is 69.9 Å². The number of thiazole rings is 7. The number of hydrogen-bond donors (Lipinski definition) is 14. The third kappa shape index (κ3) is 35.0. The number of aliphatic imine (C=N–C) groups is 14. The average Bonchev–Trinajstić information content (AvgIpc) is 1.59. The summed E-state index contributed by atoms with van der Waals surface area (Å²) in [5, 5.41) is 4.38. The molecule has 28 N–H and O–H groups in total. The highest BCUT2D eigenvalue weighted by Gasteiger charge is 2.26. The molecule has 0 unspecified atom stereocenters. The molecule has 0 bridgehead atoms. The molecule has 7 aromatic heterocycles. The Bertz CT molecular complexity index is 7140. The van der Waals surface area contributed by atoms with Crippen molar-refractivity contribution in [1.82, 2.24) is 34.9 Å². The molecule has 0 aliphatic carbocycles. The van der Waals surface area contributed by atoms with Crippen LogP contribution in [0.15, 0.2) is 306 Å². The van der Waals surface area contributed by atoms with Crippen molar-refractivity contribution in [2.75, 3.05) is 0 Å². The van der Waals surface area contributed by atoms with Gasteiger partial charge in [-0.15, -0.1) is 0 Å². The van der Waals surface area contributed by atoms with E-state index in [0.717, 1.165) is 109 Å². The second-order valence-corrected chi connectivity index (χ2v) is 40.1. The summed E-state index contributed by atoms with van der Waals surface area (Å²) in [5.41, 5.74) is 92.9. The summed E-state index contributed by atoms with van der Waals surface area (Å²) in [4.78, 5) is 91.8. The van der Waals surface area contributed by atoms with E-state index in [-0.39, 0.29) is 64.8 Å². The molecule has 0 radical (unpaired) electrons. The SMILES string of the molecule is CC(Cl)(Cl)C(N)=NC(N)=Nc1nc2ccccc2s1.CC(F)(F)c1cccc(C(N)=NC(N)=Nc2nc3ccccc3s2)c1.CCc1cccc(C(N)=NC(N)=Nc2nc3ccccc3s2)c1.Cc1nc(N=C(N)N=C(N)c2ccccc2)sc1C.Cc1nc(N=C(N)N=C(N)c2ccccc2)sc1C.Cc1nc(N=C(N)N=C(N)c2ccccc2)sc1C.Cc1nc(N=C(N)N=C(N)c2ccccc2Cl)sc1C. The van der Waals surface area contributed by atoms with Gasteiger partial charge in [0.25, 0.3) is 5.92 Å². The van der Waals surface area contributed by atoms with E-state index < -0.39 is 10.3 Å². The molecule has 0 amide bonds. The minimum Gasteiger partial charge on any atom is -0.385 e. The van der Waals surface area contributed by atoms with Gasteiger partial charge in [0, 0.05) is 65.4 Å². The van der Waals surface area contributed by atoms with Crippen LogP contribution in [0.25, 0.3) is 30.6 Å². The van der Waals surface area contributed by atoms with Crippen molar-refractivity contribution < 1.29 is 8.78 Å². The van der Waals surface area contributed by atoms with Gasteiger partial charge >= 0.3 is 0 Å². The van der Waals surface area contributed by atoms with Gasteiger partial charge in [0.05, 0.1) is 58.4 Å². The van der Waals surface area contributed by atoms with Gasteiger partial charge in [0.1, 0.15) is 40.8 Å². The lowest BCUT2D eigenvalue weighted by molar-refractivity contribution is 0.0174. The van der Waals surface area contributed by atoms with Crippen LogP contribution in [0, 0.1) is 55.4 Å². The van der Waals surface area contributed by atoms with Crippen LogP contribution in [-0.2, 0) is 12.3 Å². The number of benzene rings is 9. The summed E-state index contributed by atoms with van der Waals surface area (Å²) in [5.74, 6) is -1.03. The normalized spacial score (nSPS) is 13.0. The van der Waals surface area contributed by atoms with Crippen molar-refractivity contribution in [1.29, 1.82) is 0 Å². The van der Waals surface area contributed by atoms with Crippen LogP contribution in [0.4, 0.5) is 44.7 Å². The van der Waals surface area contributed by atoms with Crippen LogP contribution in [0.5, 0.6) is 0 Å². The average molecular weight is 2130 g/mol. The summed E-state index contributed by atoms with van der Waals surface area (Å²) in [6.45, 7) is 20.1. The van der Waals surface area contributed by atoms with E-state index in [1.807, 2.05) is 250 Å². The molecule has 0 saturated heterocycles. The summed E-state index contributed by atoms with van der Waals surface area (Å²) >= 11 is 27.7. The number of halogens is 5. The first kappa shape index (κ1) is 110. The Balaban J connectivity index is 0.000000173. The van der Waals surface area contributed by atoms with E-state index in [4.69, 9.17) is 115 Å². The maximum Gasteiger partial charge on any atom is 0.270 e. The summed E-state index contributed by atoms with van der Waals surface area (Å²) < 4.78 is 28.6. The largest absolute Gasteiger partial charge is 0.385 e. The Kier molecular flexibility index (Phi) is 40.5. The van der Waals surface area contributed by atoms with Crippen molar-refractivity contribution >= 4 is 263 Å². The number of fused-ring (bicyclic) bond motifs is 3. The fraction of sp³-hybridized carbons (Fsp3) is 0.144. The van der Waals surface area contributed by atoms with Crippen molar-refractivity contribution in [3.63, 3.8) is 0 Å². The topological polar surface area (TPSA) is 628 Å². The van der Waals surface area contributed by atoms with E-state index in [1.165, 1.54) is 110 Å². The predicted octanol–water partition coefficient (Wildman–Crippen LogP) is 18.9. The van der Waals surface area contributed by atoms with E-state index in [2.05, 4.69) is 118 Å². The lowest BCUT2D eigenvalue weighted by Gasteiger charge is -2.11. The number of amidine groups is 7. The highest BCUT2D eigenvalue weighted by molar-refractivity contribution is 7.23. The number of alkyl halides is 4. The lowest BCUT2D eigenvalue weighted by atomic mass is 10.1. The van der Waals surface area contributed by atoms with Gasteiger partial charge in [-0.05, 0) is 135 Å². The molecule has 0 atom stereocenters. The molecule has 0 fully saturated rings. The molecular formula is C97H102Cl3F2N35S7. The Morgan fingerprint density at radius 2 is 0.549 bits per heavy atom. The van der Waals surface area contributed by atoms with Crippen LogP contribution < -0.4 is 80.3 Å². The third-order valence-electron chi connectivity index (χ3n) is 19.1. The molecule has 16 aromatic rings. The Hall–Kier alpha value is -15.5. The zero-order valence-electron chi connectivity index (χ0n) is 79.4. The van der Waals surface area contributed by atoms with Crippen molar-refractivity contribution in [3.8, 4) is 0 Å².